The van der Waals surface area contributed by atoms with E-state index in [1.165, 1.54) is 0 Å². The lowest BCUT2D eigenvalue weighted by Gasteiger charge is -2.34. The summed E-state index contributed by atoms with van der Waals surface area (Å²) in [5.41, 5.74) is 1.16. The molecule has 1 amide bonds. The van der Waals surface area contributed by atoms with Crippen LogP contribution in [-0.4, -0.2) is 53.5 Å². The van der Waals surface area contributed by atoms with Crippen LogP contribution in [0.4, 0.5) is 11.6 Å². The van der Waals surface area contributed by atoms with E-state index >= 15 is 0 Å². The lowest BCUT2D eigenvalue weighted by Crippen LogP contribution is -2.49. The molecule has 1 aromatic heterocycles. The van der Waals surface area contributed by atoms with Gasteiger partial charge in [0.05, 0.1) is 11.3 Å². The Morgan fingerprint density at radius 2 is 1.96 bits per heavy atom. The van der Waals surface area contributed by atoms with Crippen LogP contribution in [-0.2, 0) is 4.79 Å². The molecule has 1 saturated heterocycles. The van der Waals surface area contributed by atoms with Crippen LogP contribution in [0.1, 0.15) is 12.0 Å². The third-order valence-corrected chi connectivity index (χ3v) is 4.46. The molecule has 2 aromatic rings. The third kappa shape index (κ3) is 4.41. The van der Waals surface area contributed by atoms with E-state index in [1.807, 2.05) is 4.90 Å². The first-order chi connectivity index (χ1) is 12.7. The molecule has 0 bridgehead atoms. The molecule has 1 N–H and O–H groups in total. The number of amides is 1. The van der Waals surface area contributed by atoms with Crippen molar-refractivity contribution in [2.45, 2.75) is 6.42 Å². The van der Waals surface area contributed by atoms with Gasteiger partial charge in [-0.15, -0.1) is 0 Å². The Kier molecular flexibility index (Phi) is 5.87. The third-order valence-electron chi connectivity index (χ3n) is 4.22. The first-order valence-corrected chi connectivity index (χ1v) is 8.78. The molecule has 1 aromatic carbocycles. The maximum absolute atomic E-state index is 12.4. The minimum absolute atomic E-state index is 0.0895. The van der Waals surface area contributed by atoms with E-state index in [0.29, 0.717) is 48.3 Å². The fourth-order valence-electron chi connectivity index (χ4n) is 2.83. The van der Waals surface area contributed by atoms with Gasteiger partial charge in [-0.1, -0.05) is 11.6 Å². The highest BCUT2D eigenvalue weighted by atomic mass is 35.5. The average molecular weight is 371 g/mol. The van der Waals surface area contributed by atoms with E-state index in [9.17, 15) is 4.79 Å². The van der Waals surface area contributed by atoms with Crippen molar-refractivity contribution in [1.82, 2.24) is 14.9 Å². The van der Waals surface area contributed by atoms with Gasteiger partial charge < -0.3 is 15.1 Å². The molecule has 2 heterocycles. The number of hydrogen-bond acceptors (Lipinski definition) is 6. The highest BCUT2D eigenvalue weighted by molar-refractivity contribution is 6.30. The highest BCUT2D eigenvalue weighted by Gasteiger charge is 2.22. The second-order valence-electron chi connectivity index (χ2n) is 5.90. The van der Waals surface area contributed by atoms with E-state index in [-0.39, 0.29) is 5.91 Å². The van der Waals surface area contributed by atoms with Gasteiger partial charge in [-0.25, -0.2) is 9.97 Å². The summed E-state index contributed by atoms with van der Waals surface area (Å²) < 4.78 is 0. The molecule has 1 aliphatic heterocycles. The maximum Gasteiger partial charge on any atom is 0.225 e. The number of nitriles is 1. The monoisotopic (exact) mass is 370 g/mol. The fourth-order valence-corrected chi connectivity index (χ4v) is 3.00. The zero-order valence-corrected chi connectivity index (χ0v) is 15.0. The Labute approximate surface area is 157 Å². The number of hydrogen-bond donors (Lipinski definition) is 1. The van der Waals surface area contributed by atoms with Gasteiger partial charge in [0.1, 0.15) is 6.07 Å². The Balaban J connectivity index is 1.47. The fraction of sp³-hybridized carbons (Fsp3) is 0.333. The van der Waals surface area contributed by atoms with Gasteiger partial charge >= 0.3 is 0 Å². The van der Waals surface area contributed by atoms with Gasteiger partial charge in [0.15, 0.2) is 0 Å². The van der Waals surface area contributed by atoms with Crippen LogP contribution in [0.5, 0.6) is 0 Å². The normalized spacial score (nSPS) is 14.0. The lowest BCUT2D eigenvalue weighted by atomic mass is 10.2. The summed E-state index contributed by atoms with van der Waals surface area (Å²) in [4.78, 5) is 24.8. The number of halogens is 1. The smallest absolute Gasteiger partial charge is 0.225 e. The van der Waals surface area contributed by atoms with Crippen molar-refractivity contribution in [2.75, 3.05) is 42.9 Å². The molecule has 0 atom stereocenters. The van der Waals surface area contributed by atoms with Crippen LogP contribution >= 0.6 is 11.6 Å². The number of rotatable bonds is 5. The number of carbonyl (C=O) groups excluding carboxylic acids is 1. The van der Waals surface area contributed by atoms with Gasteiger partial charge in [-0.3, -0.25) is 4.79 Å². The van der Waals surface area contributed by atoms with Gasteiger partial charge in [-0.2, -0.15) is 5.26 Å². The zero-order valence-electron chi connectivity index (χ0n) is 14.2. The van der Waals surface area contributed by atoms with E-state index < -0.39 is 0 Å². The summed E-state index contributed by atoms with van der Waals surface area (Å²) in [7, 11) is 0. The van der Waals surface area contributed by atoms with Crippen LogP contribution in [0, 0.1) is 11.3 Å². The molecule has 0 unspecified atom stereocenters. The van der Waals surface area contributed by atoms with Gasteiger partial charge in [-0.05, 0) is 24.3 Å². The van der Waals surface area contributed by atoms with Crippen LogP contribution < -0.4 is 10.2 Å². The zero-order chi connectivity index (χ0) is 18.4. The average Bonchev–Trinajstić information content (AvgIpc) is 2.69. The van der Waals surface area contributed by atoms with Crippen LogP contribution in [0.25, 0.3) is 0 Å². The molecule has 1 fully saturated rings. The Morgan fingerprint density at radius 1 is 1.23 bits per heavy atom. The first kappa shape index (κ1) is 18.0. The number of piperazine rings is 1. The number of nitrogens with zero attached hydrogens (tertiary/aromatic N) is 5. The van der Waals surface area contributed by atoms with Gasteiger partial charge in [0.2, 0.25) is 11.9 Å². The van der Waals surface area contributed by atoms with E-state index in [0.717, 1.165) is 13.1 Å². The second kappa shape index (κ2) is 8.50. The van der Waals surface area contributed by atoms with Crippen molar-refractivity contribution in [3.8, 4) is 6.07 Å². The van der Waals surface area contributed by atoms with Crippen molar-refractivity contribution in [3.63, 3.8) is 0 Å². The van der Waals surface area contributed by atoms with Crippen LogP contribution in [0.15, 0.2) is 36.7 Å². The summed E-state index contributed by atoms with van der Waals surface area (Å²) >= 11 is 5.96. The molecule has 0 radical (unpaired) electrons. The predicted molar refractivity (Wildman–Crippen MR) is 100 cm³/mol. The molecule has 3 rings (SSSR count). The SMILES string of the molecule is N#Cc1ccc(Cl)cc1NCCC(=O)N1CCN(c2ncccn2)CC1. The minimum Gasteiger partial charge on any atom is -0.383 e. The van der Waals surface area contributed by atoms with Gasteiger partial charge in [0.25, 0.3) is 0 Å². The molecule has 0 aliphatic carbocycles. The summed E-state index contributed by atoms with van der Waals surface area (Å²) in [5.74, 6) is 0.790. The second-order valence-corrected chi connectivity index (χ2v) is 6.33. The first-order valence-electron chi connectivity index (χ1n) is 8.40. The predicted octanol–water partition coefficient (Wildman–Crippen LogP) is 2.15. The van der Waals surface area contributed by atoms with Crippen LogP contribution in [0.2, 0.25) is 5.02 Å². The summed E-state index contributed by atoms with van der Waals surface area (Å²) in [5, 5.41) is 12.8. The quantitative estimate of drug-likeness (QED) is 0.868. The number of anilines is 2. The number of carbonyl (C=O) groups is 1. The molecule has 0 saturated carbocycles. The van der Waals surface area contributed by atoms with E-state index in [1.54, 1.807) is 36.7 Å². The van der Waals surface area contributed by atoms with E-state index in [2.05, 4.69) is 26.3 Å². The van der Waals surface area contributed by atoms with Gasteiger partial charge in [0, 0.05) is 56.6 Å². The lowest BCUT2D eigenvalue weighted by molar-refractivity contribution is -0.131. The molecule has 7 nitrogen and oxygen atoms in total. The largest absolute Gasteiger partial charge is 0.383 e. The Morgan fingerprint density at radius 3 is 2.65 bits per heavy atom. The Bertz CT molecular complexity index is 799. The number of nitrogens with one attached hydrogen (secondary N) is 1. The van der Waals surface area contributed by atoms with Crippen molar-refractivity contribution >= 4 is 29.1 Å². The molecule has 1 aliphatic rings. The summed E-state index contributed by atoms with van der Waals surface area (Å²) in [6.45, 7) is 3.19. The molecular formula is C18H19ClN6O. The van der Waals surface area contributed by atoms with Crippen LogP contribution in [0.3, 0.4) is 0 Å². The Hall–Kier alpha value is -2.85. The number of benzene rings is 1. The molecule has 8 heteroatoms. The van der Waals surface area contributed by atoms with Crippen molar-refractivity contribution in [3.05, 3.63) is 47.2 Å². The van der Waals surface area contributed by atoms with Crippen molar-refractivity contribution in [1.29, 1.82) is 5.26 Å². The standard InChI is InChI=1S/C18H19ClN6O/c19-15-3-2-14(13-20)16(12-15)21-7-4-17(26)24-8-10-25(11-9-24)18-22-5-1-6-23-18/h1-3,5-6,12,21H,4,7-11H2. The molecule has 0 spiro atoms. The van der Waals surface area contributed by atoms with Crippen molar-refractivity contribution < 1.29 is 4.79 Å². The summed E-state index contributed by atoms with van der Waals surface area (Å²) in [6.07, 6.45) is 3.80. The summed E-state index contributed by atoms with van der Waals surface area (Å²) in [6, 6.07) is 8.93. The topological polar surface area (TPSA) is 85.2 Å². The molecular weight excluding hydrogens is 352 g/mol. The highest BCUT2D eigenvalue weighted by Crippen LogP contribution is 2.20. The molecule has 26 heavy (non-hydrogen) atoms. The minimum atomic E-state index is 0.0895. The van der Waals surface area contributed by atoms with Crippen molar-refractivity contribution in [2.24, 2.45) is 0 Å². The number of aromatic nitrogens is 2. The van der Waals surface area contributed by atoms with E-state index in [4.69, 9.17) is 16.9 Å². The maximum atomic E-state index is 12.4. The molecule has 134 valence electrons.